The lowest BCUT2D eigenvalue weighted by Gasteiger charge is -2.36. The number of furan rings is 1. The van der Waals surface area contributed by atoms with Crippen LogP contribution in [0.2, 0.25) is 0 Å². The zero-order valence-corrected chi connectivity index (χ0v) is 17.0. The largest absolute Gasteiger partial charge is 0.494 e. The van der Waals surface area contributed by atoms with Crippen LogP contribution in [0.1, 0.15) is 43.8 Å². The standard InChI is InChI=1S/C21H27NO6/c1-6-25-16-7-8-18-17(9-16)14(4)19(28-18)21(24)27-15(5)20(23)22-10-12(2)26-13(3)11-22/h7-9,12-13,15H,6,10-11H2,1-5H3/t12-,13+,15-/m0/s1. The van der Waals surface area contributed by atoms with E-state index in [2.05, 4.69) is 0 Å². The van der Waals surface area contributed by atoms with Crippen molar-refractivity contribution in [2.45, 2.75) is 52.9 Å². The summed E-state index contributed by atoms with van der Waals surface area (Å²) in [5, 5.41) is 0.785. The van der Waals surface area contributed by atoms with Crippen LogP contribution in [0.15, 0.2) is 22.6 Å². The fraction of sp³-hybridized carbons (Fsp3) is 0.524. The van der Waals surface area contributed by atoms with Crippen LogP contribution in [-0.2, 0) is 14.3 Å². The van der Waals surface area contributed by atoms with E-state index < -0.39 is 12.1 Å². The van der Waals surface area contributed by atoms with Crippen LogP contribution in [0, 0.1) is 6.92 Å². The van der Waals surface area contributed by atoms with Crippen LogP contribution < -0.4 is 4.74 Å². The van der Waals surface area contributed by atoms with E-state index in [9.17, 15) is 9.59 Å². The summed E-state index contributed by atoms with van der Waals surface area (Å²) in [6, 6.07) is 5.38. The Labute approximate surface area is 164 Å². The minimum Gasteiger partial charge on any atom is -0.494 e. The molecule has 2 aromatic rings. The molecule has 1 aromatic heterocycles. The molecule has 28 heavy (non-hydrogen) atoms. The lowest BCUT2D eigenvalue weighted by Crippen LogP contribution is -2.51. The lowest BCUT2D eigenvalue weighted by molar-refractivity contribution is -0.151. The normalized spacial score (nSPS) is 20.8. The number of esters is 1. The summed E-state index contributed by atoms with van der Waals surface area (Å²) >= 11 is 0. The summed E-state index contributed by atoms with van der Waals surface area (Å²) in [5.74, 6) is -0.0745. The minimum atomic E-state index is -0.906. The van der Waals surface area contributed by atoms with E-state index in [0.29, 0.717) is 36.6 Å². The number of amides is 1. The second kappa shape index (κ2) is 8.22. The molecule has 7 nitrogen and oxygen atoms in total. The van der Waals surface area contributed by atoms with Gasteiger partial charge in [-0.3, -0.25) is 4.79 Å². The molecule has 1 aliphatic rings. The third-order valence-corrected chi connectivity index (χ3v) is 4.77. The van der Waals surface area contributed by atoms with E-state index in [1.54, 1.807) is 30.9 Å². The van der Waals surface area contributed by atoms with E-state index in [1.165, 1.54) is 0 Å². The molecule has 0 aliphatic carbocycles. The number of ether oxygens (including phenoxy) is 3. The average Bonchev–Trinajstić information content (AvgIpc) is 2.97. The van der Waals surface area contributed by atoms with E-state index in [0.717, 1.165) is 5.39 Å². The quantitative estimate of drug-likeness (QED) is 0.730. The maximum Gasteiger partial charge on any atom is 0.375 e. The van der Waals surface area contributed by atoms with Crippen LogP contribution in [0.4, 0.5) is 0 Å². The van der Waals surface area contributed by atoms with Crippen LogP contribution in [0.5, 0.6) is 5.75 Å². The topological polar surface area (TPSA) is 78.2 Å². The highest BCUT2D eigenvalue weighted by Gasteiger charge is 2.31. The van der Waals surface area contributed by atoms with Gasteiger partial charge in [0, 0.05) is 24.0 Å². The maximum absolute atomic E-state index is 12.7. The molecule has 2 heterocycles. The summed E-state index contributed by atoms with van der Waals surface area (Å²) in [6.45, 7) is 10.6. The second-order valence-electron chi connectivity index (χ2n) is 7.20. The van der Waals surface area contributed by atoms with Crippen molar-refractivity contribution in [3.8, 4) is 5.75 Å². The van der Waals surface area contributed by atoms with Crippen molar-refractivity contribution < 1.29 is 28.2 Å². The number of carbonyl (C=O) groups is 2. The summed E-state index contributed by atoms with van der Waals surface area (Å²) in [6.07, 6.45) is -1.00. The Hall–Kier alpha value is -2.54. The van der Waals surface area contributed by atoms with Gasteiger partial charge in [-0.2, -0.15) is 0 Å². The zero-order chi connectivity index (χ0) is 20.4. The lowest BCUT2D eigenvalue weighted by atomic mass is 10.1. The van der Waals surface area contributed by atoms with Gasteiger partial charge in [-0.15, -0.1) is 0 Å². The van der Waals surface area contributed by atoms with Crippen LogP contribution in [0.25, 0.3) is 11.0 Å². The van der Waals surface area contributed by atoms with E-state index in [4.69, 9.17) is 18.6 Å². The van der Waals surface area contributed by atoms with Crippen molar-refractivity contribution in [3.63, 3.8) is 0 Å². The molecule has 1 amide bonds. The molecule has 3 rings (SSSR count). The SMILES string of the molecule is CCOc1ccc2oc(C(=O)O[C@@H](C)C(=O)N3C[C@@H](C)O[C@@H](C)C3)c(C)c2c1. The van der Waals surface area contributed by atoms with Gasteiger partial charge in [0.1, 0.15) is 11.3 Å². The third-order valence-electron chi connectivity index (χ3n) is 4.77. The highest BCUT2D eigenvalue weighted by Crippen LogP contribution is 2.29. The first-order chi connectivity index (χ1) is 13.3. The molecular weight excluding hydrogens is 362 g/mol. The van der Waals surface area contributed by atoms with Crippen molar-refractivity contribution in [1.82, 2.24) is 4.90 Å². The van der Waals surface area contributed by atoms with Gasteiger partial charge in [0.15, 0.2) is 6.10 Å². The summed E-state index contributed by atoms with van der Waals surface area (Å²) in [5.41, 5.74) is 1.23. The van der Waals surface area contributed by atoms with Crippen molar-refractivity contribution in [2.24, 2.45) is 0 Å². The maximum atomic E-state index is 12.7. The summed E-state index contributed by atoms with van der Waals surface area (Å²) < 4.78 is 22.2. The molecular formula is C21H27NO6. The van der Waals surface area contributed by atoms with Crippen molar-refractivity contribution >= 4 is 22.8 Å². The number of hydrogen-bond donors (Lipinski definition) is 0. The fourth-order valence-corrected chi connectivity index (χ4v) is 3.53. The molecule has 1 saturated heterocycles. The molecule has 0 bridgehead atoms. The Morgan fingerprint density at radius 1 is 1.25 bits per heavy atom. The van der Waals surface area contributed by atoms with Gasteiger partial charge in [-0.25, -0.2) is 4.79 Å². The van der Waals surface area contributed by atoms with Crippen LogP contribution >= 0.6 is 0 Å². The Morgan fingerprint density at radius 3 is 2.57 bits per heavy atom. The molecule has 0 N–H and O–H groups in total. The van der Waals surface area contributed by atoms with E-state index >= 15 is 0 Å². The second-order valence-corrected chi connectivity index (χ2v) is 7.20. The predicted molar refractivity (Wildman–Crippen MR) is 104 cm³/mol. The Bertz CT molecular complexity index is 863. The zero-order valence-electron chi connectivity index (χ0n) is 17.0. The number of nitrogens with zero attached hydrogens (tertiary/aromatic N) is 1. The molecule has 0 saturated carbocycles. The summed E-state index contributed by atoms with van der Waals surface area (Å²) in [7, 11) is 0. The molecule has 152 valence electrons. The van der Waals surface area contributed by atoms with Gasteiger partial charge in [-0.05, 0) is 52.8 Å². The highest BCUT2D eigenvalue weighted by molar-refractivity contribution is 5.97. The van der Waals surface area contributed by atoms with E-state index in [1.807, 2.05) is 26.8 Å². The average molecular weight is 389 g/mol. The Balaban J connectivity index is 1.73. The predicted octanol–water partition coefficient (Wildman–Crippen LogP) is 3.32. The summed E-state index contributed by atoms with van der Waals surface area (Å²) in [4.78, 5) is 27.0. The van der Waals surface area contributed by atoms with Gasteiger partial charge < -0.3 is 23.5 Å². The molecule has 0 radical (unpaired) electrons. The van der Waals surface area contributed by atoms with Gasteiger partial charge in [0.2, 0.25) is 5.76 Å². The van der Waals surface area contributed by atoms with Gasteiger partial charge in [-0.1, -0.05) is 0 Å². The number of benzene rings is 1. The number of aryl methyl sites for hydroxylation is 1. The smallest absolute Gasteiger partial charge is 0.375 e. The highest BCUT2D eigenvalue weighted by atomic mass is 16.6. The number of morpholine rings is 1. The van der Waals surface area contributed by atoms with Crippen molar-refractivity contribution in [2.75, 3.05) is 19.7 Å². The molecule has 0 unspecified atom stereocenters. The van der Waals surface area contributed by atoms with Gasteiger partial charge in [0.05, 0.1) is 18.8 Å². The van der Waals surface area contributed by atoms with Crippen molar-refractivity contribution in [1.29, 1.82) is 0 Å². The Kier molecular flexibility index (Phi) is 5.93. The molecule has 0 spiro atoms. The first kappa shape index (κ1) is 20.2. The number of carbonyl (C=O) groups excluding carboxylic acids is 2. The van der Waals surface area contributed by atoms with Gasteiger partial charge in [0.25, 0.3) is 5.91 Å². The van der Waals surface area contributed by atoms with E-state index in [-0.39, 0.29) is 23.9 Å². The fourth-order valence-electron chi connectivity index (χ4n) is 3.53. The third kappa shape index (κ3) is 4.14. The molecule has 7 heteroatoms. The molecule has 1 aromatic carbocycles. The van der Waals surface area contributed by atoms with Crippen LogP contribution in [0.3, 0.4) is 0 Å². The number of rotatable bonds is 5. The number of hydrogen-bond acceptors (Lipinski definition) is 6. The monoisotopic (exact) mass is 389 g/mol. The minimum absolute atomic E-state index is 0.0484. The van der Waals surface area contributed by atoms with Gasteiger partial charge >= 0.3 is 5.97 Å². The Morgan fingerprint density at radius 2 is 1.93 bits per heavy atom. The molecule has 1 aliphatic heterocycles. The van der Waals surface area contributed by atoms with Crippen molar-refractivity contribution in [3.05, 3.63) is 29.5 Å². The number of fused-ring (bicyclic) bond motifs is 1. The molecule has 3 atom stereocenters. The first-order valence-electron chi connectivity index (χ1n) is 9.61. The van der Waals surface area contributed by atoms with Crippen LogP contribution in [-0.4, -0.2) is 54.8 Å². The first-order valence-corrected chi connectivity index (χ1v) is 9.61. The molecule has 1 fully saturated rings.